The second-order valence-corrected chi connectivity index (χ2v) is 15.0. The molecule has 15 heteroatoms. The number of para-hydroxylation sites is 1. The summed E-state index contributed by atoms with van der Waals surface area (Å²) in [4.78, 5) is 74.4. The van der Waals surface area contributed by atoms with Gasteiger partial charge in [-0.25, -0.2) is 19.6 Å². The minimum Gasteiger partial charge on any atom is -0.453 e. The molecule has 0 spiro atoms. The van der Waals surface area contributed by atoms with Crippen molar-refractivity contribution in [2.45, 2.75) is 63.2 Å². The van der Waals surface area contributed by atoms with Crippen molar-refractivity contribution >= 4 is 34.9 Å². The molecule has 0 aliphatic carbocycles. The van der Waals surface area contributed by atoms with Gasteiger partial charge in [-0.3, -0.25) is 9.59 Å². The Labute approximate surface area is 340 Å². The maximum absolute atomic E-state index is 14.1. The normalized spacial score (nSPS) is 17.5. The second-order valence-electron chi connectivity index (χ2n) is 15.0. The van der Waals surface area contributed by atoms with E-state index in [9.17, 15) is 19.2 Å². The van der Waals surface area contributed by atoms with Crippen LogP contribution in [0, 0.1) is 0 Å². The molecular weight excluding hydrogens is 751 g/mol. The first-order valence-corrected chi connectivity index (χ1v) is 19.9. The van der Waals surface area contributed by atoms with Gasteiger partial charge in [-0.1, -0.05) is 66.7 Å². The zero-order chi connectivity index (χ0) is 41.0. The smallest absolute Gasteiger partial charge is 0.407 e. The van der Waals surface area contributed by atoms with Gasteiger partial charge in [0, 0.05) is 36.6 Å². The highest BCUT2D eigenvalue weighted by Gasteiger charge is 2.37. The highest BCUT2D eigenvalue weighted by atomic mass is 16.5. The fourth-order valence-electron chi connectivity index (χ4n) is 8.29. The van der Waals surface area contributed by atoms with Crippen LogP contribution in [0.25, 0.3) is 44.5 Å². The number of rotatable bonds is 11. The Bertz CT molecular complexity index is 2450. The van der Waals surface area contributed by atoms with Crippen LogP contribution < -0.4 is 10.6 Å². The predicted octanol–water partition coefficient (Wildman–Crippen LogP) is 6.65. The van der Waals surface area contributed by atoms with Crippen LogP contribution in [-0.4, -0.2) is 98.1 Å². The van der Waals surface area contributed by atoms with E-state index in [2.05, 4.69) is 59.6 Å². The SMILES string of the molecule is COC(=O)N[C@@H](C)C(=O)N1CCC[C@H]1c1ncc(-c2ccc(-c3ccc(-c4cnc([C@@H]5CCCN5C(=O)[C@H](Cc5c[nH]c6ccccc56)NC(=O)OC)[nH]4)cc3)cc2)[nH]1. The number of ether oxygens (including phenoxy) is 2. The number of likely N-dealkylation sites (tertiary alicyclic amines) is 2. The summed E-state index contributed by atoms with van der Waals surface area (Å²) in [6.45, 7) is 2.80. The molecule has 0 bridgehead atoms. The third-order valence-corrected chi connectivity index (χ3v) is 11.4. The highest BCUT2D eigenvalue weighted by Crippen LogP contribution is 2.35. The molecule has 4 amide bonds. The number of amides is 4. The first-order valence-electron chi connectivity index (χ1n) is 19.9. The molecule has 2 fully saturated rings. The average Bonchev–Trinajstić information content (AvgIpc) is 4.13. The van der Waals surface area contributed by atoms with Crippen molar-refractivity contribution in [3.63, 3.8) is 0 Å². The van der Waals surface area contributed by atoms with Crippen molar-refractivity contribution < 1.29 is 28.7 Å². The Hall–Kier alpha value is -6.90. The van der Waals surface area contributed by atoms with Gasteiger partial charge in [0.2, 0.25) is 11.8 Å². The summed E-state index contributed by atoms with van der Waals surface area (Å²) in [5.41, 5.74) is 7.62. The number of hydrogen-bond donors (Lipinski definition) is 5. The number of benzene rings is 3. The van der Waals surface area contributed by atoms with Crippen LogP contribution in [0.1, 0.15) is 61.9 Å². The van der Waals surface area contributed by atoms with Crippen LogP contribution in [-0.2, 0) is 25.5 Å². The number of carbonyl (C=O) groups is 4. The molecule has 0 saturated carbocycles. The maximum Gasteiger partial charge on any atom is 0.407 e. The molecular formula is C44H47N9O6. The minimum atomic E-state index is -0.816. The standard InChI is InChI=1S/C44H47N9O6/c1-26(48-43(56)58-2)41(54)52-20-6-10-37(52)39-46-24-35(49-39)29-16-12-27(13-17-29)28-14-18-30(19-15-28)36-25-47-40(50-36)38-11-7-21-53(38)42(55)34(51-44(57)59-3)22-31-23-45-33-9-5-4-8-32(31)33/h4-5,8-9,12-19,23-26,34,37-38,45H,6-7,10-11,20-22H2,1-3H3,(H,46,49)(H,47,50)(H,48,56)(H,51,57)/t26-,34-,37-,38-/m0/s1. The third kappa shape index (κ3) is 8.13. The molecule has 5 N–H and O–H groups in total. The number of imidazole rings is 2. The molecule has 2 aliphatic rings. The number of aromatic nitrogens is 5. The number of carbonyl (C=O) groups excluding carboxylic acids is 4. The fourth-order valence-corrected chi connectivity index (χ4v) is 8.29. The molecule has 304 valence electrons. The number of nitrogens with zero attached hydrogens (tertiary/aromatic N) is 4. The molecule has 6 aromatic rings. The summed E-state index contributed by atoms with van der Waals surface area (Å²) in [6, 6.07) is 22.3. The van der Waals surface area contributed by atoms with Gasteiger partial charge in [0.1, 0.15) is 23.7 Å². The van der Waals surface area contributed by atoms with Gasteiger partial charge in [0.25, 0.3) is 0 Å². The summed E-state index contributed by atoms with van der Waals surface area (Å²) >= 11 is 0. The molecule has 2 aliphatic heterocycles. The van der Waals surface area contributed by atoms with E-state index in [0.29, 0.717) is 31.2 Å². The van der Waals surface area contributed by atoms with E-state index in [-0.39, 0.29) is 23.9 Å². The largest absolute Gasteiger partial charge is 0.453 e. The van der Waals surface area contributed by atoms with Crippen LogP contribution in [0.4, 0.5) is 9.59 Å². The summed E-state index contributed by atoms with van der Waals surface area (Å²) in [5.74, 6) is 1.06. The van der Waals surface area contributed by atoms with Crippen molar-refractivity contribution in [1.29, 1.82) is 0 Å². The number of fused-ring (bicyclic) bond motifs is 1. The molecule has 15 nitrogen and oxygen atoms in total. The Morgan fingerprint density at radius 3 is 1.78 bits per heavy atom. The van der Waals surface area contributed by atoms with E-state index >= 15 is 0 Å². The van der Waals surface area contributed by atoms with Gasteiger partial charge in [-0.15, -0.1) is 0 Å². The summed E-state index contributed by atoms with van der Waals surface area (Å²) in [7, 11) is 2.56. The van der Waals surface area contributed by atoms with Gasteiger partial charge < -0.3 is 44.9 Å². The number of alkyl carbamates (subject to hydrolysis) is 2. The number of methoxy groups -OCH3 is 2. The van der Waals surface area contributed by atoms with Crippen molar-refractivity contribution in [3.8, 4) is 33.6 Å². The first kappa shape index (κ1) is 38.9. The zero-order valence-corrected chi connectivity index (χ0v) is 33.2. The van der Waals surface area contributed by atoms with Crippen LogP contribution >= 0.6 is 0 Å². The molecule has 8 rings (SSSR count). The van der Waals surface area contributed by atoms with E-state index in [1.54, 1.807) is 24.2 Å². The first-order chi connectivity index (χ1) is 28.7. The van der Waals surface area contributed by atoms with Crippen LogP contribution in [0.3, 0.4) is 0 Å². The Balaban J connectivity index is 0.920. The highest BCUT2D eigenvalue weighted by molar-refractivity contribution is 5.89. The van der Waals surface area contributed by atoms with Gasteiger partial charge in [0.05, 0.1) is 50.1 Å². The van der Waals surface area contributed by atoms with E-state index in [1.807, 2.05) is 59.6 Å². The Morgan fingerprint density at radius 2 is 1.22 bits per heavy atom. The zero-order valence-electron chi connectivity index (χ0n) is 33.2. The lowest BCUT2D eigenvalue weighted by atomic mass is 10.0. The lowest BCUT2D eigenvalue weighted by Gasteiger charge is -2.28. The molecule has 59 heavy (non-hydrogen) atoms. The molecule has 4 atom stereocenters. The quantitative estimate of drug-likeness (QED) is 0.0962. The number of nitrogens with one attached hydrogen (secondary N) is 5. The molecule has 5 heterocycles. The van der Waals surface area contributed by atoms with Crippen molar-refractivity contribution in [2.75, 3.05) is 27.3 Å². The monoisotopic (exact) mass is 797 g/mol. The molecule has 2 saturated heterocycles. The van der Waals surface area contributed by atoms with Gasteiger partial charge in [-0.2, -0.15) is 0 Å². The van der Waals surface area contributed by atoms with Gasteiger partial charge >= 0.3 is 12.2 Å². The molecule has 0 radical (unpaired) electrons. The van der Waals surface area contributed by atoms with E-state index in [4.69, 9.17) is 9.72 Å². The molecule has 0 unspecified atom stereocenters. The number of aromatic amines is 3. The van der Waals surface area contributed by atoms with Gasteiger partial charge in [-0.05, 0) is 66.5 Å². The van der Waals surface area contributed by atoms with Crippen LogP contribution in [0.5, 0.6) is 0 Å². The van der Waals surface area contributed by atoms with E-state index in [0.717, 1.165) is 75.8 Å². The summed E-state index contributed by atoms with van der Waals surface area (Å²) in [5, 5.41) is 6.34. The molecule has 3 aromatic heterocycles. The van der Waals surface area contributed by atoms with Gasteiger partial charge in [0.15, 0.2) is 0 Å². The topological polar surface area (TPSA) is 190 Å². The lowest BCUT2D eigenvalue weighted by molar-refractivity contribution is -0.134. The lowest BCUT2D eigenvalue weighted by Crippen LogP contribution is -2.49. The average molecular weight is 798 g/mol. The van der Waals surface area contributed by atoms with E-state index < -0.39 is 24.3 Å². The number of H-pyrrole nitrogens is 3. The maximum atomic E-state index is 14.1. The molecule has 3 aromatic carbocycles. The third-order valence-electron chi connectivity index (χ3n) is 11.4. The van der Waals surface area contributed by atoms with Crippen molar-refractivity contribution in [2.24, 2.45) is 0 Å². The number of hydrogen-bond acceptors (Lipinski definition) is 8. The predicted molar refractivity (Wildman–Crippen MR) is 221 cm³/mol. The second kappa shape index (κ2) is 16.9. The minimum absolute atomic E-state index is 0.176. The van der Waals surface area contributed by atoms with Crippen LogP contribution in [0.2, 0.25) is 0 Å². The van der Waals surface area contributed by atoms with Crippen molar-refractivity contribution in [1.82, 2.24) is 45.4 Å². The Kier molecular flexibility index (Phi) is 11.2. The van der Waals surface area contributed by atoms with Crippen LogP contribution in [0.15, 0.2) is 91.4 Å². The fraction of sp³-hybridized carbons (Fsp3) is 0.318. The summed E-state index contributed by atoms with van der Waals surface area (Å²) in [6.07, 6.45) is 7.68. The summed E-state index contributed by atoms with van der Waals surface area (Å²) < 4.78 is 9.55. The Morgan fingerprint density at radius 1 is 0.712 bits per heavy atom. The van der Waals surface area contributed by atoms with Crippen molar-refractivity contribution in [3.05, 3.63) is 109 Å². The van der Waals surface area contributed by atoms with E-state index in [1.165, 1.54) is 14.2 Å².